The summed E-state index contributed by atoms with van der Waals surface area (Å²) in [7, 11) is 0. The van der Waals surface area contributed by atoms with Crippen LogP contribution in [0.25, 0.3) is 11.4 Å². The SMILES string of the molecule is Cc1ccc(-c2nc(SCC(=O)Nc3ccc(I)cc3C)n[nH]2)cc1. The number of hydrogen-bond donors (Lipinski definition) is 2. The van der Waals surface area contributed by atoms with Crippen molar-refractivity contribution in [3.8, 4) is 11.4 Å². The van der Waals surface area contributed by atoms with E-state index in [4.69, 9.17) is 0 Å². The number of carbonyl (C=O) groups excluding carboxylic acids is 1. The molecule has 0 aliphatic heterocycles. The zero-order valence-electron chi connectivity index (χ0n) is 13.8. The van der Waals surface area contributed by atoms with Gasteiger partial charge < -0.3 is 5.32 Å². The van der Waals surface area contributed by atoms with Crippen LogP contribution in [0.3, 0.4) is 0 Å². The highest BCUT2D eigenvalue weighted by molar-refractivity contribution is 14.1. The van der Waals surface area contributed by atoms with Gasteiger partial charge in [-0.1, -0.05) is 41.6 Å². The summed E-state index contributed by atoms with van der Waals surface area (Å²) in [5.41, 5.74) is 4.05. The van der Waals surface area contributed by atoms with E-state index in [1.165, 1.54) is 17.3 Å². The fourth-order valence-electron chi connectivity index (χ4n) is 2.24. The minimum Gasteiger partial charge on any atom is -0.325 e. The molecule has 7 heteroatoms. The van der Waals surface area contributed by atoms with Gasteiger partial charge in [0.25, 0.3) is 0 Å². The third kappa shape index (κ3) is 4.82. The number of benzene rings is 2. The average Bonchev–Trinajstić information content (AvgIpc) is 3.05. The molecule has 5 nitrogen and oxygen atoms in total. The summed E-state index contributed by atoms with van der Waals surface area (Å²) in [5, 5.41) is 10.6. The second-order valence-corrected chi connectivity index (χ2v) is 7.82. The molecule has 0 unspecified atom stereocenters. The maximum atomic E-state index is 12.1. The summed E-state index contributed by atoms with van der Waals surface area (Å²) < 4.78 is 1.15. The average molecular weight is 464 g/mol. The lowest BCUT2D eigenvalue weighted by Crippen LogP contribution is -2.15. The van der Waals surface area contributed by atoms with Gasteiger partial charge in [0.15, 0.2) is 5.82 Å². The van der Waals surface area contributed by atoms with Crippen LogP contribution >= 0.6 is 34.4 Å². The summed E-state index contributed by atoms with van der Waals surface area (Å²) in [5.74, 6) is 0.892. The van der Waals surface area contributed by atoms with Crippen molar-refractivity contribution >= 4 is 45.9 Å². The molecule has 0 saturated carbocycles. The van der Waals surface area contributed by atoms with Gasteiger partial charge in [0.1, 0.15) is 0 Å². The van der Waals surface area contributed by atoms with Crippen LogP contribution in [0.4, 0.5) is 5.69 Å². The van der Waals surface area contributed by atoms with Gasteiger partial charge in [-0.2, -0.15) is 0 Å². The Morgan fingerprint density at radius 1 is 1.20 bits per heavy atom. The van der Waals surface area contributed by atoms with Crippen LogP contribution in [-0.2, 0) is 4.79 Å². The number of amides is 1. The van der Waals surface area contributed by atoms with Crippen molar-refractivity contribution in [1.82, 2.24) is 15.2 Å². The molecule has 3 rings (SSSR count). The van der Waals surface area contributed by atoms with Crippen LogP contribution < -0.4 is 5.32 Å². The Bertz CT molecular complexity index is 892. The normalized spacial score (nSPS) is 10.7. The molecular formula is C18H17IN4OS. The van der Waals surface area contributed by atoms with Crippen molar-refractivity contribution in [2.75, 3.05) is 11.1 Å². The summed E-state index contributed by atoms with van der Waals surface area (Å²) in [6, 6.07) is 14.0. The molecule has 0 saturated heterocycles. The Hall–Kier alpha value is -1.87. The lowest BCUT2D eigenvalue weighted by molar-refractivity contribution is -0.113. The van der Waals surface area contributed by atoms with Crippen LogP contribution in [-0.4, -0.2) is 26.8 Å². The van der Waals surface area contributed by atoms with E-state index in [0.29, 0.717) is 11.0 Å². The number of anilines is 1. The van der Waals surface area contributed by atoms with Crippen LogP contribution in [0, 0.1) is 17.4 Å². The van der Waals surface area contributed by atoms with E-state index < -0.39 is 0 Å². The van der Waals surface area contributed by atoms with Crippen molar-refractivity contribution < 1.29 is 4.79 Å². The van der Waals surface area contributed by atoms with Crippen LogP contribution in [0.5, 0.6) is 0 Å². The molecule has 0 atom stereocenters. The van der Waals surface area contributed by atoms with E-state index >= 15 is 0 Å². The fourth-order valence-corrected chi connectivity index (χ4v) is 3.48. The predicted molar refractivity (Wildman–Crippen MR) is 110 cm³/mol. The van der Waals surface area contributed by atoms with Gasteiger partial charge in [0, 0.05) is 14.8 Å². The molecule has 0 bridgehead atoms. The van der Waals surface area contributed by atoms with E-state index in [1.807, 2.05) is 56.3 Å². The monoisotopic (exact) mass is 464 g/mol. The van der Waals surface area contributed by atoms with Gasteiger partial charge in [-0.15, -0.1) is 5.10 Å². The maximum Gasteiger partial charge on any atom is 0.234 e. The number of aromatic amines is 1. The fraction of sp³-hybridized carbons (Fsp3) is 0.167. The summed E-state index contributed by atoms with van der Waals surface area (Å²) in [6.45, 7) is 4.02. The first-order chi connectivity index (χ1) is 12.0. The molecule has 0 fully saturated rings. The summed E-state index contributed by atoms with van der Waals surface area (Å²) in [6.07, 6.45) is 0. The standard InChI is InChI=1S/C18H17IN4OS/c1-11-3-5-13(6-4-11)17-21-18(23-22-17)25-10-16(24)20-15-8-7-14(19)9-12(15)2/h3-9H,10H2,1-2H3,(H,20,24)(H,21,22,23). The Morgan fingerprint density at radius 3 is 2.68 bits per heavy atom. The van der Waals surface area contributed by atoms with Crippen molar-refractivity contribution in [2.24, 2.45) is 0 Å². The van der Waals surface area contributed by atoms with Gasteiger partial charge in [0.05, 0.1) is 5.75 Å². The van der Waals surface area contributed by atoms with Crippen molar-refractivity contribution in [3.05, 3.63) is 57.2 Å². The lowest BCUT2D eigenvalue weighted by Gasteiger charge is -2.07. The van der Waals surface area contributed by atoms with Gasteiger partial charge >= 0.3 is 0 Å². The largest absolute Gasteiger partial charge is 0.325 e. The topological polar surface area (TPSA) is 70.7 Å². The molecule has 0 radical (unpaired) electrons. The number of carbonyl (C=O) groups is 1. The highest BCUT2D eigenvalue weighted by Gasteiger charge is 2.10. The molecule has 2 N–H and O–H groups in total. The van der Waals surface area contributed by atoms with Crippen molar-refractivity contribution in [2.45, 2.75) is 19.0 Å². The zero-order chi connectivity index (χ0) is 17.8. The highest BCUT2D eigenvalue weighted by Crippen LogP contribution is 2.21. The maximum absolute atomic E-state index is 12.1. The first-order valence-corrected chi connectivity index (χ1v) is 9.76. The Balaban J connectivity index is 1.58. The Morgan fingerprint density at radius 2 is 1.96 bits per heavy atom. The number of H-pyrrole nitrogens is 1. The number of hydrogen-bond acceptors (Lipinski definition) is 4. The number of halogens is 1. The third-order valence-corrected chi connectivity index (χ3v) is 5.10. The number of aryl methyl sites for hydroxylation is 2. The molecule has 0 aliphatic carbocycles. The van der Waals surface area contributed by atoms with E-state index in [2.05, 4.69) is 43.1 Å². The summed E-state index contributed by atoms with van der Waals surface area (Å²) >= 11 is 3.56. The Labute approximate surface area is 164 Å². The molecule has 128 valence electrons. The quantitative estimate of drug-likeness (QED) is 0.433. The number of aromatic nitrogens is 3. The first-order valence-electron chi connectivity index (χ1n) is 7.69. The molecule has 1 amide bonds. The smallest absolute Gasteiger partial charge is 0.234 e. The van der Waals surface area contributed by atoms with E-state index in [0.717, 1.165) is 20.4 Å². The molecule has 25 heavy (non-hydrogen) atoms. The molecular weight excluding hydrogens is 447 g/mol. The lowest BCUT2D eigenvalue weighted by atomic mass is 10.1. The molecule has 2 aromatic carbocycles. The van der Waals surface area contributed by atoms with Gasteiger partial charge in [-0.3, -0.25) is 9.89 Å². The van der Waals surface area contributed by atoms with Gasteiger partial charge in [-0.05, 0) is 60.2 Å². The van der Waals surface area contributed by atoms with E-state index in [9.17, 15) is 4.79 Å². The molecule has 3 aromatic rings. The zero-order valence-corrected chi connectivity index (χ0v) is 16.8. The van der Waals surface area contributed by atoms with Gasteiger partial charge in [0.2, 0.25) is 11.1 Å². The molecule has 1 heterocycles. The second kappa shape index (κ2) is 8.01. The minimum atomic E-state index is -0.0732. The van der Waals surface area contributed by atoms with Crippen LogP contribution in [0.15, 0.2) is 47.6 Å². The van der Waals surface area contributed by atoms with Gasteiger partial charge in [-0.25, -0.2) is 4.98 Å². The molecule has 0 spiro atoms. The number of nitrogens with one attached hydrogen (secondary N) is 2. The van der Waals surface area contributed by atoms with Crippen LogP contribution in [0.1, 0.15) is 11.1 Å². The predicted octanol–water partition coefficient (Wildman–Crippen LogP) is 4.42. The van der Waals surface area contributed by atoms with Crippen molar-refractivity contribution in [3.63, 3.8) is 0 Å². The molecule has 1 aromatic heterocycles. The summed E-state index contributed by atoms with van der Waals surface area (Å²) in [4.78, 5) is 16.6. The van der Waals surface area contributed by atoms with E-state index in [1.54, 1.807) is 0 Å². The number of thioether (sulfide) groups is 1. The minimum absolute atomic E-state index is 0.0732. The highest BCUT2D eigenvalue weighted by atomic mass is 127. The van der Waals surface area contributed by atoms with E-state index in [-0.39, 0.29) is 11.7 Å². The Kier molecular flexibility index (Phi) is 5.74. The number of rotatable bonds is 5. The second-order valence-electron chi connectivity index (χ2n) is 5.63. The first kappa shape index (κ1) is 17.9. The van der Waals surface area contributed by atoms with Crippen molar-refractivity contribution in [1.29, 1.82) is 0 Å². The third-order valence-electron chi connectivity index (χ3n) is 3.58. The number of nitrogens with zero attached hydrogens (tertiary/aromatic N) is 2. The van der Waals surface area contributed by atoms with Crippen LogP contribution in [0.2, 0.25) is 0 Å². The molecule has 0 aliphatic rings.